The second-order valence-corrected chi connectivity index (χ2v) is 6.04. The smallest absolute Gasteiger partial charge is 0.0117 e. The normalized spacial score (nSPS) is 38.7. The van der Waals surface area contributed by atoms with Gasteiger partial charge in [0, 0.05) is 11.1 Å². The molecule has 2 unspecified atom stereocenters. The van der Waals surface area contributed by atoms with Crippen molar-refractivity contribution in [2.75, 3.05) is 0 Å². The molecule has 1 aliphatic carbocycles. The summed E-state index contributed by atoms with van der Waals surface area (Å²) in [6.07, 6.45) is 3.70. The maximum Gasteiger partial charge on any atom is 0.0117 e. The van der Waals surface area contributed by atoms with Crippen molar-refractivity contribution in [1.82, 2.24) is 0 Å². The van der Waals surface area contributed by atoms with Crippen molar-refractivity contribution in [3.8, 4) is 0 Å². The first-order chi connectivity index (χ1) is 5.75. The predicted molar refractivity (Wildman–Crippen MR) is 58.3 cm³/mol. The first-order valence-corrected chi connectivity index (χ1v) is 5.31. The molecule has 1 N–H and O–H groups in total. The molecule has 1 heteroatoms. The van der Waals surface area contributed by atoms with Gasteiger partial charge in [-0.15, -0.1) is 0 Å². The molecule has 1 fully saturated rings. The summed E-state index contributed by atoms with van der Waals surface area (Å²) < 4.78 is 0. The van der Waals surface area contributed by atoms with Crippen LogP contribution in [0, 0.1) is 22.2 Å². The molecule has 1 aliphatic rings. The van der Waals surface area contributed by atoms with Crippen LogP contribution in [0.15, 0.2) is 0 Å². The molecule has 2 atom stereocenters. The van der Waals surface area contributed by atoms with Gasteiger partial charge >= 0.3 is 0 Å². The molecule has 1 rings (SSSR count). The molecule has 0 amide bonds. The van der Waals surface area contributed by atoms with Gasteiger partial charge in [-0.25, -0.2) is 0 Å². The third kappa shape index (κ3) is 2.32. The van der Waals surface area contributed by atoms with Crippen LogP contribution in [0.1, 0.15) is 53.9 Å². The minimum Gasteiger partial charge on any atom is -0.309 e. The molecule has 1 saturated carbocycles. The zero-order valence-corrected chi connectivity index (χ0v) is 9.70. The fraction of sp³-hybridized carbons (Fsp3) is 0.917. The van der Waals surface area contributed by atoms with Crippen LogP contribution < -0.4 is 0 Å². The van der Waals surface area contributed by atoms with Crippen LogP contribution in [0.5, 0.6) is 0 Å². The monoisotopic (exact) mass is 181 g/mol. The Balaban J connectivity index is 2.84. The van der Waals surface area contributed by atoms with E-state index >= 15 is 0 Å². The van der Waals surface area contributed by atoms with Gasteiger partial charge in [0.15, 0.2) is 0 Å². The number of nitrogens with one attached hydrogen (secondary N) is 1. The molecule has 13 heavy (non-hydrogen) atoms. The van der Waals surface area contributed by atoms with Crippen LogP contribution in [0.3, 0.4) is 0 Å². The van der Waals surface area contributed by atoms with Gasteiger partial charge in [-0.3, -0.25) is 0 Å². The maximum absolute atomic E-state index is 7.85. The first-order valence-electron chi connectivity index (χ1n) is 5.31. The van der Waals surface area contributed by atoms with Gasteiger partial charge < -0.3 is 5.41 Å². The Hall–Kier alpha value is -0.330. The Morgan fingerprint density at radius 2 is 1.77 bits per heavy atom. The van der Waals surface area contributed by atoms with E-state index in [4.69, 9.17) is 5.41 Å². The molecule has 0 aliphatic heterocycles. The van der Waals surface area contributed by atoms with E-state index in [0.29, 0.717) is 5.41 Å². The summed E-state index contributed by atoms with van der Waals surface area (Å²) in [6.45, 7) is 11.2. The summed E-state index contributed by atoms with van der Waals surface area (Å²) in [5, 5.41) is 7.85. The number of hydrogen-bond acceptors (Lipinski definition) is 1. The summed E-state index contributed by atoms with van der Waals surface area (Å²) in [6, 6.07) is 0. The van der Waals surface area contributed by atoms with Gasteiger partial charge in [0.2, 0.25) is 0 Å². The predicted octanol–water partition coefficient (Wildman–Crippen LogP) is 3.88. The summed E-state index contributed by atoms with van der Waals surface area (Å²) in [5.74, 6) is 0.772. The van der Waals surface area contributed by atoms with Crippen LogP contribution in [0.25, 0.3) is 0 Å². The van der Waals surface area contributed by atoms with Crippen molar-refractivity contribution in [2.45, 2.75) is 53.9 Å². The summed E-state index contributed by atoms with van der Waals surface area (Å²) in [5.41, 5.74) is 1.46. The van der Waals surface area contributed by atoms with E-state index in [9.17, 15) is 0 Å². The lowest BCUT2D eigenvalue weighted by Gasteiger charge is -2.45. The first kappa shape index (κ1) is 10.7. The number of hydrogen-bond donors (Lipinski definition) is 1. The van der Waals surface area contributed by atoms with Crippen LogP contribution in [0.2, 0.25) is 0 Å². The lowest BCUT2D eigenvalue weighted by molar-refractivity contribution is 0.107. The van der Waals surface area contributed by atoms with Gasteiger partial charge in [0.05, 0.1) is 0 Å². The van der Waals surface area contributed by atoms with Crippen LogP contribution in [-0.2, 0) is 0 Å². The van der Waals surface area contributed by atoms with Crippen molar-refractivity contribution in [1.29, 1.82) is 5.41 Å². The third-order valence-electron chi connectivity index (χ3n) is 3.47. The lowest BCUT2D eigenvalue weighted by atomic mass is 9.59. The van der Waals surface area contributed by atoms with Crippen molar-refractivity contribution in [3.05, 3.63) is 0 Å². The summed E-state index contributed by atoms with van der Waals surface area (Å²) in [7, 11) is 0. The maximum atomic E-state index is 7.85. The molecule has 0 aromatic heterocycles. The average molecular weight is 181 g/mol. The third-order valence-corrected chi connectivity index (χ3v) is 3.47. The van der Waals surface area contributed by atoms with Crippen molar-refractivity contribution in [3.63, 3.8) is 0 Å². The highest BCUT2D eigenvalue weighted by Crippen LogP contribution is 2.48. The summed E-state index contributed by atoms with van der Waals surface area (Å²) >= 11 is 0. The quantitative estimate of drug-likeness (QED) is 0.594. The van der Waals surface area contributed by atoms with E-state index < -0.39 is 0 Å². The van der Waals surface area contributed by atoms with Gasteiger partial charge in [-0.2, -0.15) is 0 Å². The molecule has 0 saturated heterocycles. The highest BCUT2D eigenvalue weighted by molar-refractivity contribution is 5.84. The number of rotatable bonds is 1. The van der Waals surface area contributed by atoms with E-state index in [1.54, 1.807) is 0 Å². The molecule has 76 valence electrons. The van der Waals surface area contributed by atoms with E-state index in [2.05, 4.69) is 27.7 Å². The largest absolute Gasteiger partial charge is 0.309 e. The lowest BCUT2D eigenvalue weighted by Crippen LogP contribution is -2.38. The van der Waals surface area contributed by atoms with E-state index in [1.807, 2.05) is 6.92 Å². The average Bonchev–Trinajstić information content (AvgIpc) is 1.79. The molecular formula is C12H23N. The zero-order chi connectivity index (χ0) is 10.3. The molecular weight excluding hydrogens is 158 g/mol. The molecule has 0 spiro atoms. The Bertz CT molecular complexity index is 217. The standard InChI is InChI=1S/C12H23N/c1-9-6-11(3,4)8-12(5,7-9)10(2)13/h9,13H,6-8H2,1-5H3. The zero-order valence-electron chi connectivity index (χ0n) is 9.70. The topological polar surface area (TPSA) is 23.9 Å². The molecule has 0 radical (unpaired) electrons. The molecule has 0 aromatic carbocycles. The van der Waals surface area contributed by atoms with Crippen molar-refractivity contribution < 1.29 is 0 Å². The van der Waals surface area contributed by atoms with Gasteiger partial charge in [0.1, 0.15) is 0 Å². The Morgan fingerprint density at radius 3 is 2.15 bits per heavy atom. The van der Waals surface area contributed by atoms with E-state index in [1.165, 1.54) is 19.3 Å². The molecule has 0 heterocycles. The van der Waals surface area contributed by atoms with Gasteiger partial charge in [-0.05, 0) is 37.5 Å². The van der Waals surface area contributed by atoms with E-state index in [0.717, 1.165) is 11.6 Å². The molecule has 0 bridgehead atoms. The molecule has 1 nitrogen and oxygen atoms in total. The Kier molecular flexibility index (Phi) is 2.57. The minimum atomic E-state index is 0.168. The SMILES string of the molecule is CC(=N)C1(C)CC(C)CC(C)(C)C1. The van der Waals surface area contributed by atoms with Gasteiger partial charge in [0.25, 0.3) is 0 Å². The van der Waals surface area contributed by atoms with Crippen LogP contribution in [-0.4, -0.2) is 5.71 Å². The van der Waals surface area contributed by atoms with Gasteiger partial charge in [-0.1, -0.05) is 27.7 Å². The van der Waals surface area contributed by atoms with E-state index in [-0.39, 0.29) is 5.41 Å². The Morgan fingerprint density at radius 1 is 1.23 bits per heavy atom. The minimum absolute atomic E-state index is 0.168. The fourth-order valence-corrected chi connectivity index (χ4v) is 3.27. The van der Waals surface area contributed by atoms with Crippen LogP contribution >= 0.6 is 0 Å². The van der Waals surface area contributed by atoms with Crippen molar-refractivity contribution in [2.24, 2.45) is 16.7 Å². The molecule has 0 aromatic rings. The second kappa shape index (κ2) is 3.11. The van der Waals surface area contributed by atoms with Crippen LogP contribution in [0.4, 0.5) is 0 Å². The Labute approximate surface area is 82.4 Å². The second-order valence-electron chi connectivity index (χ2n) is 6.04. The van der Waals surface area contributed by atoms with Crippen molar-refractivity contribution >= 4 is 5.71 Å². The highest BCUT2D eigenvalue weighted by atomic mass is 14.5. The summed E-state index contributed by atoms with van der Waals surface area (Å²) in [4.78, 5) is 0. The highest BCUT2D eigenvalue weighted by Gasteiger charge is 2.40. The fourth-order valence-electron chi connectivity index (χ4n) is 3.27.